The van der Waals surface area contributed by atoms with Gasteiger partial charge in [0, 0.05) is 12.0 Å². The Morgan fingerprint density at radius 1 is 1.42 bits per heavy atom. The SMILES string of the molecule is CCC(Oc1ccc2c(c1)CCC2=O)c1cnc[nH]1. The number of carbonyl (C=O) groups excluding carboxylic acids is 1. The monoisotopic (exact) mass is 256 g/mol. The maximum Gasteiger partial charge on any atom is 0.163 e. The Kier molecular flexibility index (Phi) is 3.07. The van der Waals surface area contributed by atoms with Gasteiger partial charge in [0.15, 0.2) is 5.78 Å². The average Bonchev–Trinajstić information content (AvgIpc) is 3.06. The molecule has 0 saturated heterocycles. The maximum absolute atomic E-state index is 11.6. The van der Waals surface area contributed by atoms with Crippen molar-refractivity contribution < 1.29 is 9.53 Å². The summed E-state index contributed by atoms with van der Waals surface area (Å²) >= 11 is 0. The van der Waals surface area contributed by atoms with Crippen LogP contribution in [0, 0.1) is 0 Å². The lowest BCUT2D eigenvalue weighted by Crippen LogP contribution is -2.07. The van der Waals surface area contributed by atoms with Crippen molar-refractivity contribution in [2.75, 3.05) is 0 Å². The van der Waals surface area contributed by atoms with E-state index in [1.807, 2.05) is 18.2 Å². The number of aromatic amines is 1. The minimum absolute atomic E-state index is 0.0299. The molecule has 0 bridgehead atoms. The van der Waals surface area contributed by atoms with Gasteiger partial charge in [-0.1, -0.05) is 6.92 Å². The minimum atomic E-state index is -0.0299. The van der Waals surface area contributed by atoms with Crippen LogP contribution in [0.1, 0.15) is 47.5 Å². The molecule has 0 fully saturated rings. The number of aromatic nitrogens is 2. The van der Waals surface area contributed by atoms with E-state index < -0.39 is 0 Å². The van der Waals surface area contributed by atoms with Crippen LogP contribution in [-0.4, -0.2) is 15.8 Å². The van der Waals surface area contributed by atoms with Gasteiger partial charge in [0.25, 0.3) is 0 Å². The topological polar surface area (TPSA) is 55.0 Å². The number of nitrogens with zero attached hydrogens (tertiary/aromatic N) is 1. The van der Waals surface area contributed by atoms with Crippen LogP contribution in [0.5, 0.6) is 5.75 Å². The molecule has 19 heavy (non-hydrogen) atoms. The molecule has 0 saturated carbocycles. The Labute approximate surface area is 111 Å². The summed E-state index contributed by atoms with van der Waals surface area (Å²) in [6, 6.07) is 5.74. The van der Waals surface area contributed by atoms with Gasteiger partial charge in [-0.3, -0.25) is 4.79 Å². The predicted molar refractivity (Wildman–Crippen MR) is 71.3 cm³/mol. The highest BCUT2D eigenvalue weighted by molar-refractivity contribution is 6.00. The third-order valence-corrected chi connectivity index (χ3v) is 3.51. The van der Waals surface area contributed by atoms with E-state index in [4.69, 9.17) is 4.74 Å². The van der Waals surface area contributed by atoms with E-state index in [1.165, 1.54) is 0 Å². The number of hydrogen-bond donors (Lipinski definition) is 1. The molecule has 1 atom stereocenters. The Balaban J connectivity index is 1.82. The second kappa shape index (κ2) is 4.88. The zero-order chi connectivity index (χ0) is 13.2. The van der Waals surface area contributed by atoms with Gasteiger partial charge in [0.2, 0.25) is 0 Å². The largest absolute Gasteiger partial charge is 0.484 e. The van der Waals surface area contributed by atoms with Gasteiger partial charge in [-0.2, -0.15) is 0 Å². The van der Waals surface area contributed by atoms with E-state index in [-0.39, 0.29) is 11.9 Å². The Hall–Kier alpha value is -2.10. The smallest absolute Gasteiger partial charge is 0.163 e. The normalized spacial score (nSPS) is 15.3. The second-order valence-corrected chi connectivity index (χ2v) is 4.76. The number of ether oxygens (including phenoxy) is 1. The first kappa shape index (κ1) is 12.0. The van der Waals surface area contributed by atoms with E-state index >= 15 is 0 Å². The van der Waals surface area contributed by atoms with Crippen LogP contribution >= 0.6 is 0 Å². The lowest BCUT2D eigenvalue weighted by molar-refractivity contribution is 0.0994. The molecule has 1 aliphatic rings. The molecule has 0 aliphatic heterocycles. The van der Waals surface area contributed by atoms with Crippen LogP contribution in [-0.2, 0) is 6.42 Å². The molecule has 4 nitrogen and oxygen atoms in total. The van der Waals surface area contributed by atoms with Crippen molar-refractivity contribution in [2.45, 2.75) is 32.3 Å². The summed E-state index contributed by atoms with van der Waals surface area (Å²) < 4.78 is 5.99. The summed E-state index contributed by atoms with van der Waals surface area (Å²) in [4.78, 5) is 18.7. The summed E-state index contributed by atoms with van der Waals surface area (Å²) in [5.41, 5.74) is 2.92. The van der Waals surface area contributed by atoms with Crippen molar-refractivity contribution in [3.8, 4) is 5.75 Å². The number of H-pyrrole nitrogens is 1. The van der Waals surface area contributed by atoms with Crippen LogP contribution in [0.2, 0.25) is 0 Å². The number of Topliss-reactive ketones (excluding diaryl/α,β-unsaturated/α-hetero) is 1. The molecule has 0 spiro atoms. The molecule has 0 radical (unpaired) electrons. The molecule has 0 amide bonds. The molecule has 98 valence electrons. The number of nitrogens with one attached hydrogen (secondary N) is 1. The molecule has 1 heterocycles. The van der Waals surface area contributed by atoms with Gasteiger partial charge in [-0.25, -0.2) is 4.98 Å². The number of carbonyl (C=O) groups is 1. The van der Waals surface area contributed by atoms with E-state index in [0.717, 1.165) is 35.4 Å². The highest BCUT2D eigenvalue weighted by atomic mass is 16.5. The predicted octanol–water partition coefficient (Wildman–Crippen LogP) is 3.07. The van der Waals surface area contributed by atoms with Crippen molar-refractivity contribution in [3.05, 3.63) is 47.5 Å². The molecule has 4 heteroatoms. The number of benzene rings is 1. The molecule has 3 rings (SSSR count). The maximum atomic E-state index is 11.6. The van der Waals surface area contributed by atoms with Crippen LogP contribution in [0.15, 0.2) is 30.7 Å². The first-order valence-electron chi connectivity index (χ1n) is 6.59. The Bertz CT molecular complexity index is 590. The number of fused-ring (bicyclic) bond motifs is 1. The molecule has 1 aromatic carbocycles. The van der Waals surface area contributed by atoms with Crippen LogP contribution < -0.4 is 4.74 Å². The first-order chi connectivity index (χ1) is 9.28. The zero-order valence-electron chi connectivity index (χ0n) is 10.8. The first-order valence-corrected chi connectivity index (χ1v) is 6.59. The fourth-order valence-corrected chi connectivity index (χ4v) is 2.48. The minimum Gasteiger partial charge on any atom is -0.484 e. The van der Waals surface area contributed by atoms with E-state index in [1.54, 1.807) is 12.5 Å². The third kappa shape index (κ3) is 2.26. The van der Waals surface area contributed by atoms with Crippen molar-refractivity contribution in [2.24, 2.45) is 0 Å². The fraction of sp³-hybridized carbons (Fsp3) is 0.333. The Morgan fingerprint density at radius 2 is 2.32 bits per heavy atom. The van der Waals surface area contributed by atoms with E-state index in [9.17, 15) is 4.79 Å². The summed E-state index contributed by atoms with van der Waals surface area (Å²) in [7, 11) is 0. The molecular weight excluding hydrogens is 240 g/mol. The quantitative estimate of drug-likeness (QED) is 0.914. The molecule has 1 N–H and O–H groups in total. The van der Waals surface area contributed by atoms with Gasteiger partial charge in [0.1, 0.15) is 11.9 Å². The number of ketones is 1. The highest BCUT2D eigenvalue weighted by Gasteiger charge is 2.20. The average molecular weight is 256 g/mol. The van der Waals surface area contributed by atoms with Gasteiger partial charge in [0.05, 0.1) is 18.2 Å². The van der Waals surface area contributed by atoms with E-state index in [0.29, 0.717) is 6.42 Å². The summed E-state index contributed by atoms with van der Waals surface area (Å²) in [6.07, 6.45) is 5.71. The van der Waals surface area contributed by atoms with Crippen LogP contribution in [0.4, 0.5) is 0 Å². The lowest BCUT2D eigenvalue weighted by atomic mass is 10.1. The van der Waals surface area contributed by atoms with Gasteiger partial charge >= 0.3 is 0 Å². The number of aryl methyl sites for hydroxylation is 1. The molecule has 2 aromatic rings. The van der Waals surface area contributed by atoms with Crippen molar-refractivity contribution in [1.29, 1.82) is 0 Å². The van der Waals surface area contributed by atoms with Gasteiger partial charge in [-0.15, -0.1) is 0 Å². The second-order valence-electron chi connectivity index (χ2n) is 4.76. The number of rotatable bonds is 4. The van der Waals surface area contributed by atoms with Crippen LogP contribution in [0.25, 0.3) is 0 Å². The van der Waals surface area contributed by atoms with Gasteiger partial charge in [-0.05, 0) is 36.6 Å². The van der Waals surface area contributed by atoms with Crippen molar-refractivity contribution in [3.63, 3.8) is 0 Å². The zero-order valence-corrected chi connectivity index (χ0v) is 10.8. The third-order valence-electron chi connectivity index (χ3n) is 3.51. The molecule has 1 aromatic heterocycles. The lowest BCUT2D eigenvalue weighted by Gasteiger charge is -2.16. The van der Waals surface area contributed by atoms with E-state index in [2.05, 4.69) is 16.9 Å². The summed E-state index contributed by atoms with van der Waals surface area (Å²) in [6.45, 7) is 2.07. The molecule has 1 aliphatic carbocycles. The summed E-state index contributed by atoms with van der Waals surface area (Å²) in [5.74, 6) is 1.05. The van der Waals surface area contributed by atoms with Crippen molar-refractivity contribution in [1.82, 2.24) is 9.97 Å². The fourth-order valence-electron chi connectivity index (χ4n) is 2.48. The summed E-state index contributed by atoms with van der Waals surface area (Å²) in [5, 5.41) is 0. The van der Waals surface area contributed by atoms with Crippen molar-refractivity contribution >= 4 is 5.78 Å². The van der Waals surface area contributed by atoms with Gasteiger partial charge < -0.3 is 9.72 Å². The molecule has 1 unspecified atom stereocenters. The molecular formula is C15H16N2O2. The van der Waals surface area contributed by atoms with Crippen LogP contribution in [0.3, 0.4) is 0 Å². The Morgan fingerprint density at radius 3 is 3.05 bits per heavy atom. The highest BCUT2D eigenvalue weighted by Crippen LogP contribution is 2.29. The number of imidazole rings is 1. The number of hydrogen-bond acceptors (Lipinski definition) is 3. The standard InChI is InChI=1S/C15H16N2O2/c1-2-15(13-8-16-9-17-13)19-11-4-5-12-10(7-11)3-6-14(12)18/h4-5,7-9,15H,2-3,6H2,1H3,(H,16,17).